The Morgan fingerprint density at radius 2 is 1.87 bits per heavy atom. The summed E-state index contributed by atoms with van der Waals surface area (Å²) >= 11 is 6.14. The van der Waals surface area contributed by atoms with Crippen LogP contribution in [-0.4, -0.2) is 53.5 Å². The van der Waals surface area contributed by atoms with Gasteiger partial charge in [0.2, 0.25) is 27.6 Å². The van der Waals surface area contributed by atoms with Crippen LogP contribution >= 0.6 is 11.6 Å². The Balaban J connectivity index is 1.68. The van der Waals surface area contributed by atoms with Crippen LogP contribution in [0.15, 0.2) is 53.1 Å². The number of hydrogen-bond acceptors (Lipinski definition) is 6. The third kappa shape index (κ3) is 6.13. The molecule has 3 rings (SSSR count). The van der Waals surface area contributed by atoms with Gasteiger partial charge in [0.15, 0.2) is 0 Å². The molecule has 0 aliphatic heterocycles. The van der Waals surface area contributed by atoms with E-state index in [4.69, 9.17) is 16.1 Å². The van der Waals surface area contributed by atoms with Crippen LogP contribution in [0.25, 0.3) is 11.4 Å². The van der Waals surface area contributed by atoms with Crippen molar-refractivity contribution < 1.29 is 17.7 Å². The van der Waals surface area contributed by atoms with Gasteiger partial charge in [0.25, 0.3) is 0 Å². The molecule has 0 N–H and O–H groups in total. The van der Waals surface area contributed by atoms with E-state index in [0.29, 0.717) is 16.4 Å². The van der Waals surface area contributed by atoms with Crippen LogP contribution in [0.2, 0.25) is 5.02 Å². The Hall–Kier alpha value is -2.75. The molecule has 0 radical (unpaired) electrons. The standard InChI is InChI=1S/C21H23ClN4O4S/c1-15-7-6-9-16(11-15)21-23-19(30-24-21)13-25(2)20(27)14-26(31(3,28)29)12-17-8-4-5-10-18(17)22/h4-11H,12-14H2,1-3H3. The van der Waals surface area contributed by atoms with Crippen LogP contribution in [-0.2, 0) is 27.9 Å². The van der Waals surface area contributed by atoms with E-state index in [-0.39, 0.29) is 25.5 Å². The first-order valence-corrected chi connectivity index (χ1v) is 11.7. The fraction of sp³-hybridized carbons (Fsp3) is 0.286. The number of nitrogens with zero attached hydrogens (tertiary/aromatic N) is 4. The van der Waals surface area contributed by atoms with Crippen LogP contribution in [0, 0.1) is 6.92 Å². The predicted octanol–water partition coefficient (Wildman–Crippen LogP) is 3.12. The van der Waals surface area contributed by atoms with Gasteiger partial charge in [0.1, 0.15) is 0 Å². The summed E-state index contributed by atoms with van der Waals surface area (Å²) < 4.78 is 30.8. The Morgan fingerprint density at radius 3 is 2.55 bits per heavy atom. The number of hydrogen-bond donors (Lipinski definition) is 0. The first kappa shape index (κ1) is 22.9. The van der Waals surface area contributed by atoms with Gasteiger partial charge in [0, 0.05) is 24.2 Å². The van der Waals surface area contributed by atoms with Gasteiger partial charge in [0.05, 0.1) is 19.3 Å². The molecule has 1 amide bonds. The quantitative estimate of drug-likeness (QED) is 0.510. The van der Waals surface area contributed by atoms with Crippen molar-refractivity contribution in [2.45, 2.75) is 20.0 Å². The lowest BCUT2D eigenvalue weighted by Crippen LogP contribution is -2.40. The summed E-state index contributed by atoms with van der Waals surface area (Å²) in [6, 6.07) is 14.6. The molecule has 0 spiro atoms. The summed E-state index contributed by atoms with van der Waals surface area (Å²) in [7, 11) is -2.09. The van der Waals surface area contributed by atoms with Crippen LogP contribution < -0.4 is 0 Å². The fourth-order valence-electron chi connectivity index (χ4n) is 2.89. The van der Waals surface area contributed by atoms with E-state index < -0.39 is 15.9 Å². The minimum absolute atomic E-state index is 0.00382. The molecule has 0 unspecified atom stereocenters. The van der Waals surface area contributed by atoms with Gasteiger partial charge in [-0.1, -0.05) is 58.7 Å². The summed E-state index contributed by atoms with van der Waals surface area (Å²) in [6.07, 6.45) is 1.06. The number of halogens is 1. The number of sulfonamides is 1. The van der Waals surface area contributed by atoms with Gasteiger partial charge >= 0.3 is 0 Å². The van der Waals surface area contributed by atoms with Crippen molar-refractivity contribution in [2.75, 3.05) is 19.8 Å². The van der Waals surface area contributed by atoms with E-state index >= 15 is 0 Å². The van der Waals surface area contributed by atoms with Gasteiger partial charge in [-0.3, -0.25) is 4.79 Å². The molecule has 10 heteroatoms. The van der Waals surface area contributed by atoms with E-state index in [9.17, 15) is 13.2 Å². The van der Waals surface area contributed by atoms with Crippen LogP contribution in [0.5, 0.6) is 0 Å². The van der Waals surface area contributed by atoms with Crippen molar-refractivity contribution in [1.29, 1.82) is 0 Å². The number of carbonyl (C=O) groups is 1. The van der Waals surface area contributed by atoms with Crippen LogP contribution in [0.3, 0.4) is 0 Å². The summed E-state index contributed by atoms with van der Waals surface area (Å²) in [5.41, 5.74) is 2.49. The Morgan fingerprint density at radius 1 is 1.13 bits per heavy atom. The molecule has 0 saturated carbocycles. The lowest BCUT2D eigenvalue weighted by atomic mass is 10.1. The molecule has 164 valence electrons. The minimum Gasteiger partial charge on any atom is -0.337 e. The second-order valence-corrected chi connectivity index (χ2v) is 9.64. The normalized spacial score (nSPS) is 11.6. The van der Waals surface area contributed by atoms with E-state index in [2.05, 4.69) is 10.1 Å². The number of aryl methyl sites for hydroxylation is 1. The molecule has 0 saturated heterocycles. The topological polar surface area (TPSA) is 96.6 Å². The molecule has 31 heavy (non-hydrogen) atoms. The maximum absolute atomic E-state index is 12.7. The zero-order valence-electron chi connectivity index (χ0n) is 17.4. The molecular weight excluding hydrogens is 440 g/mol. The Labute approximate surface area is 186 Å². The van der Waals surface area contributed by atoms with Crippen molar-refractivity contribution in [3.8, 4) is 11.4 Å². The van der Waals surface area contributed by atoms with E-state index in [0.717, 1.165) is 21.7 Å². The predicted molar refractivity (Wildman–Crippen MR) is 118 cm³/mol. The molecule has 1 aromatic heterocycles. The van der Waals surface area contributed by atoms with E-state index in [1.165, 1.54) is 4.90 Å². The lowest BCUT2D eigenvalue weighted by molar-refractivity contribution is -0.131. The molecule has 3 aromatic rings. The summed E-state index contributed by atoms with van der Waals surface area (Å²) in [4.78, 5) is 18.4. The smallest absolute Gasteiger partial charge is 0.246 e. The highest BCUT2D eigenvalue weighted by Gasteiger charge is 2.24. The maximum Gasteiger partial charge on any atom is 0.246 e. The molecule has 0 atom stereocenters. The first-order chi connectivity index (χ1) is 14.6. The second kappa shape index (κ2) is 9.59. The van der Waals surface area contributed by atoms with Gasteiger partial charge in [-0.15, -0.1) is 0 Å². The molecule has 0 fully saturated rings. The summed E-state index contributed by atoms with van der Waals surface area (Å²) in [6.45, 7) is 1.68. The number of likely N-dealkylation sites (N-methyl/N-ethyl adjacent to an activating group) is 1. The Kier molecular flexibility index (Phi) is 7.09. The van der Waals surface area contributed by atoms with Crippen molar-refractivity contribution >= 4 is 27.5 Å². The average Bonchev–Trinajstić information content (AvgIpc) is 3.16. The number of amides is 1. The van der Waals surface area contributed by atoms with Crippen molar-refractivity contribution in [3.63, 3.8) is 0 Å². The molecule has 8 nitrogen and oxygen atoms in total. The van der Waals surface area contributed by atoms with Gasteiger partial charge in [-0.2, -0.15) is 9.29 Å². The monoisotopic (exact) mass is 462 g/mol. The zero-order valence-corrected chi connectivity index (χ0v) is 19.0. The van der Waals surface area contributed by atoms with E-state index in [1.54, 1.807) is 31.3 Å². The van der Waals surface area contributed by atoms with Gasteiger partial charge in [-0.25, -0.2) is 8.42 Å². The highest BCUT2D eigenvalue weighted by Crippen LogP contribution is 2.19. The number of aromatic nitrogens is 2. The van der Waals surface area contributed by atoms with Crippen molar-refractivity contribution in [1.82, 2.24) is 19.3 Å². The summed E-state index contributed by atoms with van der Waals surface area (Å²) in [5, 5.41) is 4.40. The van der Waals surface area contributed by atoms with Crippen LogP contribution in [0.1, 0.15) is 17.0 Å². The number of carbonyl (C=O) groups excluding carboxylic acids is 1. The van der Waals surface area contributed by atoms with Crippen molar-refractivity contribution in [2.24, 2.45) is 0 Å². The fourth-order valence-corrected chi connectivity index (χ4v) is 3.80. The summed E-state index contributed by atoms with van der Waals surface area (Å²) in [5.74, 6) is 0.271. The molecule has 0 bridgehead atoms. The highest BCUT2D eigenvalue weighted by molar-refractivity contribution is 7.88. The largest absolute Gasteiger partial charge is 0.337 e. The zero-order chi connectivity index (χ0) is 22.6. The highest BCUT2D eigenvalue weighted by atomic mass is 35.5. The lowest BCUT2D eigenvalue weighted by Gasteiger charge is -2.23. The average molecular weight is 463 g/mol. The third-order valence-electron chi connectivity index (χ3n) is 4.63. The minimum atomic E-state index is -3.64. The molecule has 2 aromatic carbocycles. The molecular formula is C21H23ClN4O4S. The molecule has 0 aliphatic carbocycles. The van der Waals surface area contributed by atoms with Gasteiger partial charge < -0.3 is 9.42 Å². The molecule has 0 aliphatic rings. The van der Waals surface area contributed by atoms with Crippen LogP contribution in [0.4, 0.5) is 0 Å². The maximum atomic E-state index is 12.7. The number of rotatable bonds is 8. The molecule has 1 heterocycles. The third-order valence-corrected chi connectivity index (χ3v) is 6.19. The number of benzene rings is 2. The van der Waals surface area contributed by atoms with Crippen molar-refractivity contribution in [3.05, 3.63) is 70.6 Å². The SMILES string of the molecule is Cc1cccc(-c2noc(CN(C)C(=O)CN(Cc3ccccc3Cl)S(C)(=O)=O)n2)c1. The second-order valence-electron chi connectivity index (χ2n) is 7.25. The first-order valence-electron chi connectivity index (χ1n) is 9.45. The van der Waals surface area contributed by atoms with E-state index in [1.807, 2.05) is 31.2 Å². The van der Waals surface area contributed by atoms with Gasteiger partial charge in [-0.05, 0) is 24.6 Å². The Bertz CT molecular complexity index is 1180.